The zero-order valence-corrected chi connectivity index (χ0v) is 52.1. The normalized spacial score (nSPS) is 13.7. The lowest BCUT2D eigenvalue weighted by molar-refractivity contribution is 0.661. The molecule has 3 aliphatic carbocycles. The second kappa shape index (κ2) is 19.3. The highest BCUT2D eigenvalue weighted by Gasteiger charge is 2.51. The second-order valence-electron chi connectivity index (χ2n) is 27.0. The first-order chi connectivity index (χ1) is 46.8. The van der Waals surface area contributed by atoms with Gasteiger partial charge in [-0.2, -0.15) is 0 Å². The summed E-state index contributed by atoms with van der Waals surface area (Å²) < 4.78 is 19.1. The highest BCUT2D eigenvalue weighted by molar-refractivity contribution is 6.16. The van der Waals surface area contributed by atoms with Crippen LogP contribution in [0.1, 0.15) is 47.2 Å². The zero-order chi connectivity index (χ0) is 62.4. The van der Waals surface area contributed by atoms with Gasteiger partial charge in [-0.3, -0.25) is 0 Å². The van der Waals surface area contributed by atoms with Gasteiger partial charge in [-0.05, 0) is 234 Å². The summed E-state index contributed by atoms with van der Waals surface area (Å²) in [5, 5.41) is 16.7. The SMILES string of the molecule is CC1(C)c2cc(-c3ccc4oc5cc6ccccc6cc5c4c3)ccc2-c2c1cc(-c1ccc3oc4cc5ccccc5cc4c3c1)c1ccccc21.c1ccc2c(c1)-c1ccccc1C21c2ccccc2-c2ccc(-c3ccc4oc5cc6ccccc6cc5c4c3)cc21. The number of rotatable bonds is 3. The summed E-state index contributed by atoms with van der Waals surface area (Å²) in [6, 6.07) is 111. The van der Waals surface area contributed by atoms with E-state index in [9.17, 15) is 0 Å². The van der Waals surface area contributed by atoms with Crippen LogP contribution in [0.2, 0.25) is 0 Å². The molecule has 3 heteroatoms. The molecule has 0 radical (unpaired) electrons. The van der Waals surface area contributed by atoms with Crippen LogP contribution in [0.25, 0.3) is 176 Å². The molecule has 0 fully saturated rings. The van der Waals surface area contributed by atoms with Crippen LogP contribution < -0.4 is 0 Å². The van der Waals surface area contributed by atoms with Crippen LogP contribution in [0.15, 0.2) is 317 Å². The van der Waals surface area contributed by atoms with Crippen molar-refractivity contribution in [3.05, 3.63) is 337 Å². The minimum atomic E-state index is -0.333. The van der Waals surface area contributed by atoms with Gasteiger partial charge < -0.3 is 13.3 Å². The van der Waals surface area contributed by atoms with Gasteiger partial charge in [0.15, 0.2) is 0 Å². The highest BCUT2D eigenvalue weighted by Crippen LogP contribution is 2.63. The van der Waals surface area contributed by atoms with Crippen molar-refractivity contribution >= 4 is 109 Å². The molecule has 1 spiro atoms. The van der Waals surface area contributed by atoms with E-state index in [-0.39, 0.29) is 10.8 Å². The van der Waals surface area contributed by atoms with Gasteiger partial charge in [0, 0.05) is 37.7 Å². The van der Waals surface area contributed by atoms with Crippen molar-refractivity contribution in [3.8, 4) is 66.8 Å². The Labute approximate surface area is 547 Å². The van der Waals surface area contributed by atoms with Crippen LogP contribution in [-0.4, -0.2) is 0 Å². The van der Waals surface area contributed by atoms with Gasteiger partial charge in [-0.25, -0.2) is 0 Å². The Bertz CT molecular complexity index is 6510. The Morgan fingerprint density at radius 3 is 1.01 bits per heavy atom. The van der Waals surface area contributed by atoms with E-state index in [1.54, 1.807) is 0 Å². The van der Waals surface area contributed by atoms with Gasteiger partial charge >= 0.3 is 0 Å². The largest absolute Gasteiger partial charge is 0.456 e. The lowest BCUT2D eigenvalue weighted by Gasteiger charge is -2.30. The van der Waals surface area contributed by atoms with Crippen molar-refractivity contribution in [3.63, 3.8) is 0 Å². The molecule has 22 rings (SSSR count). The molecule has 0 unspecified atom stereocenters. The Kier molecular flexibility index (Phi) is 10.7. The zero-order valence-electron chi connectivity index (χ0n) is 52.1. The standard InChI is InChI=1S/C51H32O2.C41H24O/c1-51(2)44-25-34(33-16-19-46-40(23-33)42-21-29-9-3-5-11-31(29)26-48(42)52-46)15-18-38(44)50-37-14-8-7-13-36(37)39(28-45(50)51)35-17-20-47-41(24-35)43-22-30-10-4-6-12-32(30)27-49(43)53-47;1-2-10-26-24-40-34(21-25(26)9-1)33-22-27(18-20-39(33)42-40)28-17-19-32-31-13-5-8-16-37(31)41(38(32)23-28)35-14-6-3-11-29(35)30-12-4-7-15-36(30)41/h3-28H,1-2H3;1-24H. The smallest absolute Gasteiger partial charge is 0.136 e. The summed E-state index contributed by atoms with van der Waals surface area (Å²) in [5.74, 6) is 0. The van der Waals surface area contributed by atoms with Gasteiger partial charge in [-0.15, -0.1) is 0 Å². The van der Waals surface area contributed by atoms with Crippen molar-refractivity contribution in [2.45, 2.75) is 24.7 Å². The molecule has 0 N–H and O–H groups in total. The van der Waals surface area contributed by atoms with Gasteiger partial charge in [0.05, 0.1) is 5.41 Å². The molecular formula is C92H56O3. The third kappa shape index (κ3) is 7.41. The Hall–Kier alpha value is -12.0. The van der Waals surface area contributed by atoms with Crippen LogP contribution in [0.5, 0.6) is 0 Å². The molecular weight excluding hydrogens is 1150 g/mol. The molecule has 19 aromatic rings. The van der Waals surface area contributed by atoms with E-state index in [0.29, 0.717) is 0 Å². The Balaban J connectivity index is 0.000000130. The lowest BCUT2D eigenvalue weighted by atomic mass is 9.70. The van der Waals surface area contributed by atoms with Crippen LogP contribution in [0.4, 0.5) is 0 Å². The van der Waals surface area contributed by atoms with Crippen LogP contribution in [-0.2, 0) is 10.8 Å². The Morgan fingerprint density at radius 1 is 0.200 bits per heavy atom. The quantitative estimate of drug-likeness (QED) is 0.177. The average molecular weight is 1210 g/mol. The van der Waals surface area contributed by atoms with Gasteiger partial charge in [0.25, 0.3) is 0 Å². The van der Waals surface area contributed by atoms with Crippen molar-refractivity contribution in [2.24, 2.45) is 0 Å². The highest BCUT2D eigenvalue weighted by atomic mass is 16.3. The summed E-state index contributed by atoms with van der Waals surface area (Å²) in [7, 11) is 0. The van der Waals surface area contributed by atoms with Crippen molar-refractivity contribution < 1.29 is 13.3 Å². The fraction of sp³-hybridized carbons (Fsp3) is 0.0435. The summed E-state index contributed by atoms with van der Waals surface area (Å²) in [5.41, 5.74) is 28.5. The second-order valence-corrected chi connectivity index (χ2v) is 27.0. The monoisotopic (exact) mass is 1210 g/mol. The maximum atomic E-state index is 6.39. The minimum Gasteiger partial charge on any atom is -0.456 e. The summed E-state index contributed by atoms with van der Waals surface area (Å²) >= 11 is 0. The van der Waals surface area contributed by atoms with Crippen LogP contribution in [0, 0.1) is 0 Å². The Morgan fingerprint density at radius 2 is 0.537 bits per heavy atom. The van der Waals surface area contributed by atoms with E-state index in [4.69, 9.17) is 13.3 Å². The first-order valence-corrected chi connectivity index (χ1v) is 33.0. The minimum absolute atomic E-state index is 0.198. The van der Waals surface area contributed by atoms with E-state index in [1.165, 1.54) is 143 Å². The van der Waals surface area contributed by atoms with E-state index in [0.717, 1.165) is 65.8 Å². The number of benzene rings is 16. The van der Waals surface area contributed by atoms with Gasteiger partial charge in [0.1, 0.15) is 33.5 Å². The summed E-state index contributed by atoms with van der Waals surface area (Å²) in [6.45, 7) is 4.77. The molecule has 16 aromatic carbocycles. The fourth-order valence-electron chi connectivity index (χ4n) is 17.2. The van der Waals surface area contributed by atoms with E-state index < -0.39 is 0 Å². The summed E-state index contributed by atoms with van der Waals surface area (Å²) in [4.78, 5) is 0. The van der Waals surface area contributed by atoms with E-state index >= 15 is 0 Å². The predicted molar refractivity (Wildman–Crippen MR) is 395 cm³/mol. The molecule has 3 heterocycles. The topological polar surface area (TPSA) is 39.4 Å². The maximum absolute atomic E-state index is 6.39. The molecule has 3 aromatic heterocycles. The van der Waals surface area contributed by atoms with Crippen LogP contribution in [0.3, 0.4) is 0 Å². The fourth-order valence-corrected chi connectivity index (χ4v) is 17.2. The first kappa shape index (κ1) is 52.6. The molecule has 3 nitrogen and oxygen atoms in total. The summed E-state index contributed by atoms with van der Waals surface area (Å²) in [6.07, 6.45) is 0. The van der Waals surface area contributed by atoms with Gasteiger partial charge in [-0.1, -0.05) is 226 Å². The van der Waals surface area contributed by atoms with Crippen LogP contribution >= 0.6 is 0 Å². The first-order valence-electron chi connectivity index (χ1n) is 33.0. The molecule has 0 bridgehead atoms. The van der Waals surface area contributed by atoms with Crippen molar-refractivity contribution in [1.29, 1.82) is 0 Å². The average Bonchev–Trinajstić information content (AvgIpc) is 1.52. The van der Waals surface area contributed by atoms with Gasteiger partial charge in [0.2, 0.25) is 0 Å². The number of hydrogen-bond donors (Lipinski definition) is 0. The lowest BCUT2D eigenvalue weighted by Crippen LogP contribution is -2.25. The van der Waals surface area contributed by atoms with E-state index in [2.05, 4.69) is 317 Å². The number of fused-ring (bicyclic) bond motifs is 27. The predicted octanol–water partition coefficient (Wildman–Crippen LogP) is 25.3. The molecule has 0 saturated carbocycles. The third-order valence-electron chi connectivity index (χ3n) is 21.7. The van der Waals surface area contributed by atoms with E-state index in [1.807, 2.05) is 0 Å². The molecule has 0 aliphatic heterocycles. The third-order valence-corrected chi connectivity index (χ3v) is 21.7. The molecule has 0 atom stereocenters. The molecule has 0 saturated heterocycles. The molecule has 3 aliphatic rings. The molecule has 0 amide bonds. The molecule has 95 heavy (non-hydrogen) atoms. The van der Waals surface area contributed by atoms with Crippen molar-refractivity contribution in [2.75, 3.05) is 0 Å². The molecule has 442 valence electrons. The number of hydrogen-bond acceptors (Lipinski definition) is 3. The maximum Gasteiger partial charge on any atom is 0.136 e. The van der Waals surface area contributed by atoms with Crippen molar-refractivity contribution in [1.82, 2.24) is 0 Å². The number of furan rings is 3.